The Morgan fingerprint density at radius 3 is 2.56 bits per heavy atom. The van der Waals surface area contributed by atoms with Crippen LogP contribution in [-0.4, -0.2) is 35.4 Å². The molecule has 0 saturated heterocycles. The summed E-state index contributed by atoms with van der Waals surface area (Å²) in [6, 6.07) is 10.7. The molecule has 0 bridgehead atoms. The Hall–Kier alpha value is -3.48. The summed E-state index contributed by atoms with van der Waals surface area (Å²) in [6.07, 6.45) is 0. The fraction of sp³-hybridized carbons (Fsp3) is 0.200. The number of rotatable bonds is 3. The van der Waals surface area contributed by atoms with Crippen molar-refractivity contribution in [2.24, 2.45) is 0 Å². The predicted molar refractivity (Wildman–Crippen MR) is 101 cm³/mol. The fourth-order valence-electron chi connectivity index (χ4n) is 3.17. The van der Waals surface area contributed by atoms with E-state index in [1.807, 2.05) is 25.1 Å². The number of aromatic nitrogens is 2. The Balaban J connectivity index is 1.91. The number of nitrogen functional groups attached to an aromatic ring is 1. The number of fused-ring (bicyclic) bond motifs is 1. The fourth-order valence-corrected chi connectivity index (χ4v) is 3.17. The highest BCUT2D eigenvalue weighted by Gasteiger charge is 2.20. The second-order valence-electron chi connectivity index (χ2n) is 6.13. The molecule has 0 unspecified atom stereocenters. The van der Waals surface area contributed by atoms with Crippen molar-refractivity contribution < 1.29 is 19.3 Å². The molecule has 0 radical (unpaired) electrons. The maximum absolute atomic E-state index is 10.5. The number of phenols is 1. The van der Waals surface area contributed by atoms with E-state index in [-0.39, 0.29) is 11.7 Å². The first-order valence-electron chi connectivity index (χ1n) is 8.48. The molecule has 7 heteroatoms. The van der Waals surface area contributed by atoms with Gasteiger partial charge in [0, 0.05) is 17.2 Å². The summed E-state index contributed by atoms with van der Waals surface area (Å²) < 4.78 is 16.4. The van der Waals surface area contributed by atoms with Gasteiger partial charge in [-0.15, -0.1) is 0 Å². The van der Waals surface area contributed by atoms with Gasteiger partial charge in [-0.1, -0.05) is 6.07 Å². The second kappa shape index (κ2) is 6.68. The number of methoxy groups -OCH3 is 1. The zero-order valence-electron chi connectivity index (χ0n) is 15.0. The molecule has 0 spiro atoms. The smallest absolute Gasteiger partial charge is 0.220 e. The average Bonchev–Trinajstić information content (AvgIpc) is 2.67. The summed E-state index contributed by atoms with van der Waals surface area (Å²) in [7, 11) is 1.54. The first-order valence-corrected chi connectivity index (χ1v) is 8.48. The van der Waals surface area contributed by atoms with E-state index in [1.54, 1.807) is 19.2 Å². The van der Waals surface area contributed by atoms with Crippen LogP contribution < -0.4 is 19.9 Å². The topological polar surface area (TPSA) is 99.7 Å². The van der Waals surface area contributed by atoms with Gasteiger partial charge in [0.2, 0.25) is 5.95 Å². The van der Waals surface area contributed by atoms with Gasteiger partial charge in [0.1, 0.15) is 24.7 Å². The minimum Gasteiger partial charge on any atom is -0.507 e. The Kier molecular flexibility index (Phi) is 4.19. The number of nitrogens with two attached hydrogens (primary N) is 1. The minimum absolute atomic E-state index is 0.0469. The van der Waals surface area contributed by atoms with Gasteiger partial charge in [-0.05, 0) is 36.8 Å². The van der Waals surface area contributed by atoms with Gasteiger partial charge in [-0.25, -0.2) is 9.97 Å². The number of nitrogens with zero attached hydrogens (tertiary/aromatic N) is 2. The van der Waals surface area contributed by atoms with Gasteiger partial charge in [-0.2, -0.15) is 0 Å². The van der Waals surface area contributed by atoms with E-state index in [1.165, 1.54) is 6.07 Å². The van der Waals surface area contributed by atoms with Crippen molar-refractivity contribution in [2.45, 2.75) is 6.92 Å². The summed E-state index contributed by atoms with van der Waals surface area (Å²) in [5.41, 5.74) is 9.28. The number of aryl methyl sites for hydroxylation is 1. The SMILES string of the molecule is COc1ccc(-c2nc(N)nc(C)c2-c2ccc3c(c2)OCCO3)c(O)c1. The van der Waals surface area contributed by atoms with Crippen LogP contribution in [0.3, 0.4) is 0 Å². The van der Waals surface area contributed by atoms with E-state index in [4.69, 9.17) is 19.9 Å². The monoisotopic (exact) mass is 365 g/mol. The molecule has 1 aliphatic rings. The number of hydrogen-bond acceptors (Lipinski definition) is 7. The quantitative estimate of drug-likeness (QED) is 0.735. The lowest BCUT2D eigenvalue weighted by Gasteiger charge is -2.20. The maximum Gasteiger partial charge on any atom is 0.220 e. The van der Waals surface area contributed by atoms with Crippen LogP contribution in [0, 0.1) is 6.92 Å². The number of aromatic hydroxyl groups is 1. The van der Waals surface area contributed by atoms with E-state index >= 15 is 0 Å². The first-order chi connectivity index (χ1) is 13.1. The normalized spacial score (nSPS) is 12.7. The number of anilines is 1. The third-order valence-electron chi connectivity index (χ3n) is 4.40. The highest BCUT2D eigenvalue weighted by molar-refractivity contribution is 5.86. The minimum atomic E-state index is 0.0469. The summed E-state index contributed by atoms with van der Waals surface area (Å²) in [4.78, 5) is 8.70. The van der Waals surface area contributed by atoms with Crippen LogP contribution in [0.5, 0.6) is 23.0 Å². The van der Waals surface area contributed by atoms with Gasteiger partial charge in [-0.3, -0.25) is 0 Å². The Bertz CT molecular complexity index is 1020. The third kappa shape index (κ3) is 3.08. The van der Waals surface area contributed by atoms with Crippen molar-refractivity contribution >= 4 is 5.95 Å². The lowest BCUT2D eigenvalue weighted by Crippen LogP contribution is -2.15. The Morgan fingerprint density at radius 1 is 1.04 bits per heavy atom. The van der Waals surface area contributed by atoms with Gasteiger partial charge in [0.25, 0.3) is 0 Å². The summed E-state index contributed by atoms with van der Waals surface area (Å²) in [6.45, 7) is 2.88. The summed E-state index contributed by atoms with van der Waals surface area (Å²) in [5.74, 6) is 2.10. The van der Waals surface area contributed by atoms with Gasteiger partial charge in [0.15, 0.2) is 11.5 Å². The van der Waals surface area contributed by atoms with Gasteiger partial charge < -0.3 is 25.1 Å². The molecule has 2 heterocycles. The molecule has 3 aromatic rings. The van der Waals surface area contributed by atoms with Gasteiger partial charge >= 0.3 is 0 Å². The number of hydrogen-bond donors (Lipinski definition) is 2. The molecule has 2 aromatic carbocycles. The van der Waals surface area contributed by atoms with Crippen LogP contribution in [0.25, 0.3) is 22.4 Å². The zero-order valence-corrected chi connectivity index (χ0v) is 15.0. The van der Waals surface area contributed by atoms with Crippen molar-refractivity contribution in [1.82, 2.24) is 9.97 Å². The van der Waals surface area contributed by atoms with Crippen LogP contribution in [0.15, 0.2) is 36.4 Å². The summed E-state index contributed by atoms with van der Waals surface area (Å²) >= 11 is 0. The Labute approximate surface area is 156 Å². The second-order valence-corrected chi connectivity index (χ2v) is 6.13. The van der Waals surface area contributed by atoms with E-state index in [0.717, 1.165) is 11.1 Å². The van der Waals surface area contributed by atoms with Crippen molar-refractivity contribution in [3.05, 3.63) is 42.1 Å². The molecule has 0 aliphatic carbocycles. The van der Waals surface area contributed by atoms with E-state index in [0.29, 0.717) is 47.4 Å². The van der Waals surface area contributed by atoms with Crippen LogP contribution >= 0.6 is 0 Å². The van der Waals surface area contributed by atoms with Crippen LogP contribution in [0.1, 0.15) is 5.69 Å². The largest absolute Gasteiger partial charge is 0.507 e. The van der Waals surface area contributed by atoms with Crippen molar-refractivity contribution in [3.63, 3.8) is 0 Å². The van der Waals surface area contributed by atoms with E-state index in [9.17, 15) is 5.11 Å². The molecule has 0 fully saturated rings. The third-order valence-corrected chi connectivity index (χ3v) is 4.40. The van der Waals surface area contributed by atoms with Crippen LogP contribution in [0.2, 0.25) is 0 Å². The van der Waals surface area contributed by atoms with Crippen molar-refractivity contribution in [3.8, 4) is 45.4 Å². The average molecular weight is 365 g/mol. The zero-order chi connectivity index (χ0) is 19.0. The molecule has 27 heavy (non-hydrogen) atoms. The Morgan fingerprint density at radius 2 is 1.81 bits per heavy atom. The molecular weight excluding hydrogens is 346 g/mol. The van der Waals surface area contributed by atoms with Crippen molar-refractivity contribution in [1.29, 1.82) is 0 Å². The summed E-state index contributed by atoms with van der Waals surface area (Å²) in [5, 5.41) is 10.5. The van der Waals surface area contributed by atoms with E-state index < -0.39 is 0 Å². The molecule has 0 saturated carbocycles. The number of phenolic OH excluding ortho intramolecular Hbond substituents is 1. The molecule has 0 amide bonds. The number of ether oxygens (including phenoxy) is 3. The molecule has 1 aliphatic heterocycles. The van der Waals surface area contributed by atoms with E-state index in [2.05, 4.69) is 9.97 Å². The lowest BCUT2D eigenvalue weighted by atomic mass is 9.97. The van der Waals surface area contributed by atoms with Gasteiger partial charge in [0.05, 0.1) is 18.5 Å². The van der Waals surface area contributed by atoms with Crippen molar-refractivity contribution in [2.75, 3.05) is 26.1 Å². The molecule has 3 N–H and O–H groups in total. The standard InChI is InChI=1S/C20H19N3O4/c1-11-18(12-3-6-16-17(9-12)27-8-7-26-16)19(23-20(21)22-11)14-5-4-13(25-2)10-15(14)24/h3-6,9-10,24H,7-8H2,1-2H3,(H2,21,22,23). The highest BCUT2D eigenvalue weighted by Crippen LogP contribution is 2.41. The maximum atomic E-state index is 10.5. The molecule has 1 aromatic heterocycles. The number of benzene rings is 2. The predicted octanol–water partition coefficient (Wildman–Crippen LogP) is 3.19. The first kappa shape index (κ1) is 17.0. The van der Waals surface area contributed by atoms with Crippen LogP contribution in [0.4, 0.5) is 5.95 Å². The molecule has 7 nitrogen and oxygen atoms in total. The van der Waals surface area contributed by atoms with Crippen LogP contribution in [-0.2, 0) is 0 Å². The molecule has 4 rings (SSSR count). The highest BCUT2D eigenvalue weighted by atomic mass is 16.6. The molecule has 0 atom stereocenters. The molecular formula is C20H19N3O4. The molecule has 138 valence electrons. The lowest BCUT2D eigenvalue weighted by molar-refractivity contribution is 0.171.